The van der Waals surface area contributed by atoms with Crippen molar-refractivity contribution in [3.8, 4) is 22.8 Å². The second kappa shape index (κ2) is 29.5. The molecule has 4 aromatic rings. The topological polar surface area (TPSA) is 342 Å². The molecular formula is C24H26Cl2Mn2N4O13-2. The monoisotopic (exact) mass is 758 g/mol. The van der Waals surface area contributed by atoms with E-state index in [2.05, 4.69) is 19.9 Å². The van der Waals surface area contributed by atoms with Crippen LogP contribution < -0.4 is 37.3 Å². The van der Waals surface area contributed by atoms with Gasteiger partial charge in [0.25, 0.3) is 11.9 Å². The number of carbonyl (C=O) groups is 2. The molecule has 0 aliphatic heterocycles. The van der Waals surface area contributed by atoms with Gasteiger partial charge in [-0.2, -0.15) is 0 Å². The Labute approximate surface area is 282 Å². The van der Waals surface area contributed by atoms with Crippen LogP contribution in [0, 0.1) is 20.5 Å². The summed E-state index contributed by atoms with van der Waals surface area (Å²) in [5, 5.41) is 14.8. The van der Waals surface area contributed by atoms with Gasteiger partial charge in [0.1, 0.15) is 0 Å². The van der Waals surface area contributed by atoms with Crippen LogP contribution in [0.15, 0.2) is 97.6 Å². The molecule has 0 atom stereocenters. The molecule has 4 rings (SSSR count). The van der Waals surface area contributed by atoms with Gasteiger partial charge < -0.3 is 15.7 Å². The van der Waals surface area contributed by atoms with Gasteiger partial charge in [-0.25, -0.2) is 37.3 Å². The summed E-state index contributed by atoms with van der Waals surface area (Å²) in [5.74, 6) is -1.67. The van der Waals surface area contributed by atoms with E-state index in [0.717, 1.165) is 36.6 Å². The molecule has 0 amide bonds. The van der Waals surface area contributed by atoms with Crippen LogP contribution in [0.25, 0.3) is 22.8 Å². The van der Waals surface area contributed by atoms with E-state index in [-0.39, 0.29) is 39.6 Å². The number of nitrogens with zero attached hydrogens (tertiary/aromatic N) is 4. The molecule has 0 bridgehead atoms. The number of carboxylic acids is 2. The van der Waals surface area contributed by atoms with Gasteiger partial charge in [0.2, 0.25) is 0 Å². The number of hydrogen-bond donors (Lipinski definition) is 2. The molecule has 4 heterocycles. The predicted molar refractivity (Wildman–Crippen MR) is 125 cm³/mol. The maximum atomic E-state index is 9.00. The molecule has 0 saturated heterocycles. The van der Waals surface area contributed by atoms with Gasteiger partial charge in [0.05, 0.1) is 22.8 Å². The van der Waals surface area contributed by atoms with Gasteiger partial charge in [0, 0.05) is 72.8 Å². The molecule has 17 nitrogen and oxygen atoms in total. The Morgan fingerprint density at radius 1 is 0.489 bits per heavy atom. The van der Waals surface area contributed by atoms with E-state index in [0.29, 0.717) is 0 Å². The maximum absolute atomic E-state index is 9.00. The molecule has 45 heavy (non-hydrogen) atoms. The average Bonchev–Trinajstić information content (AvgIpc) is 2.89. The van der Waals surface area contributed by atoms with E-state index in [9.17, 15) is 0 Å². The fourth-order valence-corrected chi connectivity index (χ4v) is 2.06. The Morgan fingerprint density at radius 2 is 0.622 bits per heavy atom. The van der Waals surface area contributed by atoms with Crippen LogP contribution in [0.1, 0.15) is 13.8 Å². The first-order valence-corrected chi connectivity index (χ1v) is 13.1. The van der Waals surface area contributed by atoms with E-state index in [1.165, 1.54) is 0 Å². The summed E-state index contributed by atoms with van der Waals surface area (Å²) in [6.45, 7) is 2.17. The maximum Gasteiger partial charge on any atom is 0.300 e. The van der Waals surface area contributed by atoms with Crippen molar-refractivity contribution in [1.82, 2.24) is 19.9 Å². The number of aromatic nitrogens is 4. The molecule has 0 aromatic carbocycles. The van der Waals surface area contributed by atoms with Crippen molar-refractivity contribution in [1.29, 1.82) is 0 Å². The minimum absolute atomic E-state index is 0. The van der Waals surface area contributed by atoms with E-state index in [4.69, 9.17) is 57.1 Å². The fourth-order valence-electron chi connectivity index (χ4n) is 2.06. The van der Waals surface area contributed by atoms with Gasteiger partial charge >= 0.3 is 0 Å². The summed E-state index contributed by atoms with van der Waals surface area (Å²) >= 11 is 0. The molecular weight excluding hydrogens is 733 g/mol. The molecule has 0 saturated carbocycles. The summed E-state index contributed by atoms with van der Waals surface area (Å²) in [6, 6.07) is 23.2. The molecule has 4 N–H and O–H groups in total. The van der Waals surface area contributed by atoms with Crippen LogP contribution >= 0.6 is 0 Å². The molecule has 0 fully saturated rings. The Kier molecular flexibility index (Phi) is 33.7. The van der Waals surface area contributed by atoms with E-state index in [1.54, 1.807) is 24.8 Å². The third kappa shape index (κ3) is 45.4. The summed E-state index contributed by atoms with van der Waals surface area (Å²) in [5.41, 5.74) is 3.66. The zero-order valence-corrected chi connectivity index (χ0v) is 26.9. The molecule has 0 aliphatic rings. The summed E-state index contributed by atoms with van der Waals surface area (Å²) in [6.07, 6.45) is 7.07. The van der Waals surface area contributed by atoms with Gasteiger partial charge in [-0.3, -0.25) is 29.5 Å². The van der Waals surface area contributed by atoms with Gasteiger partial charge in [-0.05, 0) is 48.5 Å². The Balaban J connectivity index is -0.000000151. The molecule has 4 aromatic heterocycles. The molecule has 21 heteroatoms. The number of rotatable bonds is 2. The van der Waals surface area contributed by atoms with Crippen LogP contribution in [0.4, 0.5) is 0 Å². The third-order valence-electron chi connectivity index (χ3n) is 3.18. The summed E-state index contributed by atoms with van der Waals surface area (Å²) in [4.78, 5) is 34.7. The van der Waals surface area contributed by atoms with Crippen LogP contribution in [0.3, 0.4) is 0 Å². The number of aliphatic carboxylic acids is 2. The summed E-state index contributed by atoms with van der Waals surface area (Å²) in [7, 11) is -9.89. The first-order chi connectivity index (χ1) is 19.4. The minimum atomic E-state index is -4.94. The van der Waals surface area contributed by atoms with E-state index >= 15 is 0 Å². The smallest absolute Gasteiger partial charge is 0.300 e. The fraction of sp³-hybridized carbons (Fsp3) is 0.0833. The van der Waals surface area contributed by atoms with Crippen molar-refractivity contribution < 1.29 is 117 Å². The number of hydrogen-bond acceptors (Lipinski definition) is 14. The van der Waals surface area contributed by atoms with Gasteiger partial charge in [0.15, 0.2) is 0 Å². The molecule has 0 aliphatic carbocycles. The van der Waals surface area contributed by atoms with Crippen molar-refractivity contribution in [2.24, 2.45) is 0 Å². The zero-order valence-electron chi connectivity index (χ0n) is 23.0. The molecule has 0 unspecified atom stereocenters. The Bertz CT molecular complexity index is 1050. The van der Waals surface area contributed by atoms with Crippen LogP contribution in [0.2, 0.25) is 0 Å². The molecule has 0 spiro atoms. The van der Waals surface area contributed by atoms with Crippen molar-refractivity contribution in [3.63, 3.8) is 0 Å². The Hall–Kier alpha value is -3.20. The zero-order chi connectivity index (χ0) is 32.6. The summed E-state index contributed by atoms with van der Waals surface area (Å²) < 4.78 is 67.9. The van der Waals surface area contributed by atoms with E-state index < -0.39 is 32.4 Å². The Morgan fingerprint density at radius 3 is 0.711 bits per heavy atom. The SMILES string of the molecule is CC(=O)O.CC(=O)O.O.[Mn].[Mn].[O-][Cl+3]([O-])([O-])[O-].[O-][Cl+3]([O-])([O-])[O-].c1ccc(-c2ccccn2)nc1.c1ccc(-c2ccccn2)nc1. The first-order valence-electron chi connectivity index (χ1n) is 10.7. The quantitative estimate of drug-likeness (QED) is 0.180. The number of halogens is 2. The van der Waals surface area contributed by atoms with Crippen LogP contribution in [-0.4, -0.2) is 47.6 Å². The van der Waals surface area contributed by atoms with Crippen molar-refractivity contribution >= 4 is 11.9 Å². The standard InChI is InChI=1S/2C10H8N2.2C2H4O2.2ClHO4.2Mn.H2O/c2*1-3-7-11-9(5-1)10-6-2-4-8-12-10;2*1-2(3)4;2*2-1(3,4)5;;;/h2*1-8H;2*1H3,(H,3,4);2*(H,2,3,4,5);;;1H2/p-2. The molecule has 250 valence electrons. The molecule has 2 radical (unpaired) electrons. The second-order valence-corrected chi connectivity index (χ2v) is 8.17. The van der Waals surface area contributed by atoms with Crippen LogP contribution in [0.5, 0.6) is 0 Å². The first kappa shape index (κ1) is 51.4. The second-order valence-electron chi connectivity index (χ2n) is 6.65. The number of carboxylic acid groups (broad SMARTS) is 2. The number of pyridine rings is 4. The van der Waals surface area contributed by atoms with Crippen molar-refractivity contribution in [2.45, 2.75) is 13.8 Å². The van der Waals surface area contributed by atoms with E-state index in [1.807, 2.05) is 72.8 Å². The normalized spacial score (nSPS) is 8.93. The minimum Gasteiger partial charge on any atom is -0.481 e. The van der Waals surface area contributed by atoms with Crippen LogP contribution in [-0.2, 0) is 43.7 Å². The third-order valence-corrected chi connectivity index (χ3v) is 3.18. The van der Waals surface area contributed by atoms with Crippen molar-refractivity contribution in [3.05, 3.63) is 97.6 Å². The van der Waals surface area contributed by atoms with Crippen molar-refractivity contribution in [2.75, 3.05) is 0 Å². The predicted octanol–water partition coefficient (Wildman–Crippen LogP) is -5.87. The largest absolute Gasteiger partial charge is 0.481 e. The average molecular weight is 759 g/mol. The van der Waals surface area contributed by atoms with Gasteiger partial charge in [-0.15, -0.1) is 20.5 Å². The van der Waals surface area contributed by atoms with Gasteiger partial charge in [-0.1, -0.05) is 24.3 Å².